The molecule has 1 radical (unpaired) electrons. The van der Waals surface area contributed by atoms with Crippen molar-refractivity contribution in [3.63, 3.8) is 0 Å². The van der Waals surface area contributed by atoms with E-state index in [1.54, 1.807) is 6.92 Å². The van der Waals surface area contributed by atoms with E-state index in [1.807, 2.05) is 34.5 Å². The maximum atomic E-state index is 4.66. The summed E-state index contributed by atoms with van der Waals surface area (Å²) in [4.78, 5) is 0. The Kier molecular flexibility index (Phi) is 10.3. The zero-order chi connectivity index (χ0) is 20.0. The molecule has 8 heteroatoms. The summed E-state index contributed by atoms with van der Waals surface area (Å²) in [5.74, 6) is 0. The van der Waals surface area contributed by atoms with E-state index in [1.165, 1.54) is 0 Å². The molecule has 27 heavy (non-hydrogen) atoms. The van der Waals surface area contributed by atoms with Gasteiger partial charge in [-0.25, -0.2) is 15.3 Å². The molecule has 0 spiro atoms. The Morgan fingerprint density at radius 1 is 0.704 bits per heavy atom. The van der Waals surface area contributed by atoms with E-state index in [-0.39, 0.29) is 27.2 Å². The van der Waals surface area contributed by atoms with Gasteiger partial charge in [-0.3, -0.25) is 6.58 Å². The van der Waals surface area contributed by atoms with Gasteiger partial charge in [0.25, 0.3) is 7.12 Å². The minimum absolute atomic E-state index is 0. The maximum Gasteiger partial charge on any atom is 3.00 e. The molecule has 3 rings (SSSR count). The summed E-state index contributed by atoms with van der Waals surface area (Å²) in [6.45, 7) is 24.2. The van der Waals surface area contributed by atoms with Gasteiger partial charge in [0.15, 0.2) is 0 Å². The van der Waals surface area contributed by atoms with Crippen LogP contribution in [0.2, 0.25) is 0 Å². The van der Waals surface area contributed by atoms with Gasteiger partial charge in [0.05, 0.1) is 17.1 Å². The van der Waals surface area contributed by atoms with Crippen molar-refractivity contribution in [2.45, 2.75) is 48.5 Å². The summed E-state index contributed by atoms with van der Waals surface area (Å²) in [7, 11) is -0.226. The molecule has 0 saturated carbocycles. The van der Waals surface area contributed by atoms with Crippen LogP contribution in [0.15, 0.2) is 24.8 Å². The van der Waals surface area contributed by atoms with Gasteiger partial charge >= 0.3 is 20.1 Å². The standard InChI is InChI=1S/C15H21BN6.C2H5.C2H3.Ir/c1-10-7-13(4)20(17-10)16(21-14(5)8-11(2)18-21)22-15(6)9-12(3)19-22;2*1-2;/h7-9H,1-6H3;1H2,2H3;1H,2H2;/q3*-1;+3. The molecule has 147 valence electrons. The van der Waals surface area contributed by atoms with Crippen LogP contribution >= 0.6 is 0 Å². The van der Waals surface area contributed by atoms with E-state index < -0.39 is 0 Å². The molecule has 0 aliphatic carbocycles. The molecule has 0 N–H and O–H groups in total. The molecule has 0 amide bonds. The molecule has 3 heterocycles. The largest absolute Gasteiger partial charge is 3.00 e. The van der Waals surface area contributed by atoms with Crippen molar-refractivity contribution in [3.8, 4) is 0 Å². The predicted molar refractivity (Wildman–Crippen MR) is 108 cm³/mol. The molecule has 0 aliphatic heterocycles. The topological polar surface area (TPSA) is 53.5 Å². The molecule has 3 aromatic heterocycles. The third-order valence-corrected chi connectivity index (χ3v) is 3.79. The van der Waals surface area contributed by atoms with E-state index >= 15 is 0 Å². The average Bonchev–Trinajstić information content (AvgIpc) is 3.22. The van der Waals surface area contributed by atoms with Gasteiger partial charge in [0, 0.05) is 0 Å². The van der Waals surface area contributed by atoms with Crippen molar-refractivity contribution in [1.82, 2.24) is 29.1 Å². The molecule has 0 fully saturated rings. The third kappa shape index (κ3) is 5.53. The van der Waals surface area contributed by atoms with Gasteiger partial charge in [0.1, 0.15) is 0 Å². The van der Waals surface area contributed by atoms with Crippen molar-refractivity contribution >= 4 is 7.12 Å². The number of hydrogen-bond acceptors (Lipinski definition) is 3. The number of aryl methyl sites for hydroxylation is 6. The maximum absolute atomic E-state index is 4.66. The van der Waals surface area contributed by atoms with E-state index in [9.17, 15) is 0 Å². The van der Waals surface area contributed by atoms with E-state index in [0.29, 0.717) is 0 Å². The molecule has 0 aliphatic rings. The first-order chi connectivity index (χ1) is 12.4. The van der Waals surface area contributed by atoms with Crippen LogP contribution in [-0.2, 0) is 20.1 Å². The Labute approximate surface area is 177 Å². The molecular weight excluding hydrogens is 515 g/mol. The van der Waals surface area contributed by atoms with Crippen LogP contribution in [0.3, 0.4) is 0 Å². The van der Waals surface area contributed by atoms with Crippen LogP contribution < -0.4 is 0 Å². The average molecular weight is 545 g/mol. The van der Waals surface area contributed by atoms with Crippen molar-refractivity contribution in [1.29, 1.82) is 0 Å². The first-order valence-corrected chi connectivity index (χ1v) is 8.56. The third-order valence-electron chi connectivity index (χ3n) is 3.79. The Morgan fingerprint density at radius 3 is 1.07 bits per heavy atom. The summed E-state index contributed by atoms with van der Waals surface area (Å²) in [6, 6.07) is 6.22. The molecular formula is C19H29BIrN6. The monoisotopic (exact) mass is 545 g/mol. The molecule has 0 aromatic carbocycles. The summed E-state index contributed by atoms with van der Waals surface area (Å²) in [5.41, 5.74) is 6.23. The van der Waals surface area contributed by atoms with Gasteiger partial charge in [-0.05, 0) is 76.8 Å². The van der Waals surface area contributed by atoms with Gasteiger partial charge in [-0.15, -0.1) is 0 Å². The number of rotatable bonds is 3. The minimum Gasteiger partial charge on any atom is -0.521 e. The van der Waals surface area contributed by atoms with Gasteiger partial charge < -0.3 is 27.3 Å². The molecule has 0 atom stereocenters. The minimum atomic E-state index is -0.226. The molecule has 3 aromatic rings. The number of aromatic nitrogens is 6. The van der Waals surface area contributed by atoms with Crippen molar-refractivity contribution < 1.29 is 20.1 Å². The summed E-state index contributed by atoms with van der Waals surface area (Å²) in [5, 5.41) is 14.0. The zero-order valence-electron chi connectivity index (χ0n) is 17.3. The number of nitrogens with zero attached hydrogens (tertiary/aromatic N) is 6. The van der Waals surface area contributed by atoms with Crippen molar-refractivity contribution in [3.05, 3.63) is 72.4 Å². The van der Waals surface area contributed by atoms with E-state index in [0.717, 1.165) is 34.2 Å². The molecule has 0 saturated heterocycles. The van der Waals surface area contributed by atoms with E-state index in [4.69, 9.17) is 0 Å². The molecule has 0 bridgehead atoms. The smallest absolute Gasteiger partial charge is 0.521 e. The van der Waals surface area contributed by atoms with Crippen LogP contribution in [0, 0.1) is 55.0 Å². The Balaban J connectivity index is 0.00000127. The van der Waals surface area contributed by atoms with Crippen LogP contribution in [0.5, 0.6) is 0 Å². The second-order valence-electron chi connectivity index (χ2n) is 5.96. The normalized spacial score (nSPS) is 9.81. The van der Waals surface area contributed by atoms with Crippen LogP contribution in [0.4, 0.5) is 0 Å². The fraction of sp³-hybridized carbons (Fsp3) is 0.368. The fourth-order valence-electron chi connectivity index (χ4n) is 2.95. The second kappa shape index (κ2) is 11.0. The second-order valence-corrected chi connectivity index (χ2v) is 5.96. The van der Waals surface area contributed by atoms with Gasteiger partial charge in [0.2, 0.25) is 0 Å². The van der Waals surface area contributed by atoms with Crippen LogP contribution in [0.25, 0.3) is 0 Å². The number of hydrogen-bond donors (Lipinski definition) is 0. The molecule has 0 unspecified atom stereocenters. The van der Waals surface area contributed by atoms with E-state index in [2.05, 4.69) is 74.3 Å². The molecule has 6 nitrogen and oxygen atoms in total. The van der Waals surface area contributed by atoms with Crippen LogP contribution in [0.1, 0.15) is 41.1 Å². The SMILES string of the molecule is Cc1cc(C)n([B-](n2nc(C)cc2C)n2nc(C)cc2C)n1.[CH-]=C.[CH2-]C.[Ir+3]. The summed E-state index contributed by atoms with van der Waals surface area (Å²) in [6.07, 6.45) is 0. The first-order valence-electron chi connectivity index (χ1n) is 8.56. The van der Waals surface area contributed by atoms with Crippen molar-refractivity contribution in [2.24, 2.45) is 0 Å². The van der Waals surface area contributed by atoms with Crippen LogP contribution in [-0.4, -0.2) is 36.2 Å². The van der Waals surface area contributed by atoms with Crippen molar-refractivity contribution in [2.75, 3.05) is 0 Å². The Morgan fingerprint density at radius 2 is 0.926 bits per heavy atom. The first kappa shape index (κ1) is 25.1. The predicted octanol–water partition coefficient (Wildman–Crippen LogP) is 3.50. The van der Waals surface area contributed by atoms with Gasteiger partial charge in [-0.1, -0.05) is 0 Å². The van der Waals surface area contributed by atoms with Gasteiger partial charge in [-0.2, -0.15) is 6.92 Å². The Bertz CT molecular complexity index is 739. The summed E-state index contributed by atoms with van der Waals surface area (Å²) < 4.78 is 5.94. The quantitative estimate of drug-likeness (QED) is 0.375. The Hall–Kier alpha value is -1.92. The summed E-state index contributed by atoms with van der Waals surface area (Å²) >= 11 is 0. The fourth-order valence-corrected chi connectivity index (χ4v) is 2.95. The zero-order valence-corrected chi connectivity index (χ0v) is 19.7.